The van der Waals surface area contributed by atoms with Gasteiger partial charge in [0.2, 0.25) is 0 Å². The lowest BCUT2D eigenvalue weighted by Gasteiger charge is -2.54. The Kier molecular flexibility index (Phi) is 6.03. The van der Waals surface area contributed by atoms with Crippen molar-refractivity contribution < 1.29 is 24.0 Å². The van der Waals surface area contributed by atoms with Crippen LogP contribution in [-0.2, 0) is 25.7 Å². The topological polar surface area (TPSA) is 143 Å². The van der Waals surface area contributed by atoms with Gasteiger partial charge in [-0.15, -0.1) is 44.3 Å². The number of thioether (sulfide) groups is 2. The van der Waals surface area contributed by atoms with Crippen LogP contribution >= 0.6 is 34.9 Å². The highest BCUT2D eigenvalue weighted by Crippen LogP contribution is 2.46. The zero-order valence-corrected chi connectivity index (χ0v) is 18.9. The standard InChI is InChI=1S/C16H17N5O5S4/c1-9(22)21(30(26)10-2-3-27-5-10)12-13(23)20-6-16(15(24)25,8-29-14(12)20)7-28-11-4-17-19-18-11/h2-5,12,14H,6-8H2,1H3,(H,24,25)(H,17,18,19)/t12?,14-,16?,30?/m1/s1. The Labute approximate surface area is 187 Å². The molecule has 2 aliphatic rings. The third-order valence-electron chi connectivity index (χ3n) is 4.91. The van der Waals surface area contributed by atoms with E-state index < -0.39 is 40.1 Å². The number of carboxylic acids is 1. The van der Waals surface area contributed by atoms with E-state index >= 15 is 0 Å². The van der Waals surface area contributed by atoms with Crippen molar-refractivity contribution in [3.63, 3.8) is 0 Å². The van der Waals surface area contributed by atoms with E-state index in [9.17, 15) is 24.0 Å². The molecule has 10 nitrogen and oxygen atoms in total. The van der Waals surface area contributed by atoms with E-state index in [0.29, 0.717) is 9.92 Å². The predicted molar refractivity (Wildman–Crippen MR) is 112 cm³/mol. The molecule has 0 spiro atoms. The van der Waals surface area contributed by atoms with Crippen LogP contribution < -0.4 is 0 Å². The Hall–Kier alpha value is -1.74. The van der Waals surface area contributed by atoms with Crippen LogP contribution in [0.15, 0.2) is 32.9 Å². The van der Waals surface area contributed by atoms with Gasteiger partial charge in [-0.25, -0.2) is 0 Å². The number of rotatable bonds is 7. The highest BCUT2D eigenvalue weighted by molar-refractivity contribution is 8.00. The summed E-state index contributed by atoms with van der Waals surface area (Å²) in [7, 11) is 0. The van der Waals surface area contributed by atoms with Crippen LogP contribution in [0, 0.1) is 5.41 Å². The minimum Gasteiger partial charge on any atom is -0.588 e. The first-order valence-electron chi connectivity index (χ1n) is 8.72. The van der Waals surface area contributed by atoms with Gasteiger partial charge < -0.3 is 14.6 Å². The van der Waals surface area contributed by atoms with E-state index in [0.717, 1.165) is 4.31 Å². The minimum atomic E-state index is -1.79. The van der Waals surface area contributed by atoms with Crippen molar-refractivity contribution in [3.05, 3.63) is 23.0 Å². The number of amides is 2. The molecule has 0 saturated carbocycles. The van der Waals surface area contributed by atoms with Gasteiger partial charge in [-0.2, -0.15) is 0 Å². The molecule has 160 valence electrons. The van der Waals surface area contributed by atoms with Crippen LogP contribution in [0.1, 0.15) is 6.92 Å². The van der Waals surface area contributed by atoms with Gasteiger partial charge in [0.1, 0.15) is 27.2 Å². The molecular weight excluding hydrogens is 470 g/mol. The number of aliphatic carboxylic acids is 1. The van der Waals surface area contributed by atoms with Gasteiger partial charge in [0.15, 0.2) is 10.9 Å². The lowest BCUT2D eigenvalue weighted by Crippen LogP contribution is -2.74. The van der Waals surface area contributed by atoms with Gasteiger partial charge in [-0.1, -0.05) is 5.21 Å². The average Bonchev–Trinajstić information content (AvgIpc) is 3.43. The van der Waals surface area contributed by atoms with Crippen LogP contribution in [0.2, 0.25) is 0 Å². The number of nitrogens with zero attached hydrogens (tertiary/aromatic N) is 4. The molecule has 2 aromatic heterocycles. The largest absolute Gasteiger partial charge is 0.588 e. The minimum absolute atomic E-state index is 0.0285. The van der Waals surface area contributed by atoms with Crippen LogP contribution in [0.3, 0.4) is 0 Å². The van der Waals surface area contributed by atoms with Crippen molar-refractivity contribution in [2.24, 2.45) is 5.41 Å². The fourth-order valence-corrected chi connectivity index (χ4v) is 8.24. The van der Waals surface area contributed by atoms with Crippen LogP contribution in [0.25, 0.3) is 0 Å². The highest BCUT2D eigenvalue weighted by Gasteiger charge is 2.61. The lowest BCUT2D eigenvalue weighted by atomic mass is 9.89. The molecule has 3 unspecified atom stereocenters. The maximum atomic E-state index is 12.9. The molecule has 0 radical (unpaired) electrons. The van der Waals surface area contributed by atoms with Gasteiger partial charge in [0, 0.05) is 36.4 Å². The zero-order chi connectivity index (χ0) is 21.5. The average molecular weight is 488 g/mol. The lowest BCUT2D eigenvalue weighted by molar-refractivity contribution is -0.161. The van der Waals surface area contributed by atoms with E-state index in [1.807, 2.05) is 0 Å². The summed E-state index contributed by atoms with van der Waals surface area (Å²) in [5.41, 5.74) is -1.15. The van der Waals surface area contributed by atoms with E-state index in [1.165, 1.54) is 52.9 Å². The zero-order valence-electron chi connectivity index (χ0n) is 15.6. The maximum Gasteiger partial charge on any atom is 0.313 e. The second-order valence-electron chi connectivity index (χ2n) is 6.86. The molecule has 2 N–H and O–H groups in total. The molecule has 2 aromatic rings. The Balaban J connectivity index is 1.50. The van der Waals surface area contributed by atoms with Crippen molar-refractivity contribution in [3.8, 4) is 0 Å². The molecule has 14 heteroatoms. The van der Waals surface area contributed by atoms with Gasteiger partial charge >= 0.3 is 5.97 Å². The smallest absolute Gasteiger partial charge is 0.313 e. The third kappa shape index (κ3) is 3.70. The fourth-order valence-electron chi connectivity index (χ4n) is 3.32. The molecule has 2 amide bonds. The molecule has 4 heterocycles. The summed E-state index contributed by atoms with van der Waals surface area (Å²) in [6.45, 7) is 1.31. The molecule has 0 bridgehead atoms. The normalized spacial score (nSPS) is 26.6. The highest BCUT2D eigenvalue weighted by atomic mass is 32.2. The van der Waals surface area contributed by atoms with Crippen LogP contribution in [-0.4, -0.2) is 81.5 Å². The molecule has 2 saturated heterocycles. The molecule has 2 aliphatic heterocycles. The summed E-state index contributed by atoms with van der Waals surface area (Å²) >= 11 is 2.14. The van der Waals surface area contributed by atoms with E-state index in [4.69, 9.17) is 0 Å². The number of carbonyl (C=O) groups is 3. The van der Waals surface area contributed by atoms with E-state index in [2.05, 4.69) is 15.4 Å². The Morgan fingerprint density at radius 2 is 2.37 bits per heavy atom. The molecular formula is C16H17N5O5S4. The van der Waals surface area contributed by atoms with Crippen molar-refractivity contribution in [2.75, 3.05) is 18.1 Å². The van der Waals surface area contributed by atoms with E-state index in [1.54, 1.807) is 16.8 Å². The number of thiophene rings is 1. The quantitative estimate of drug-likeness (QED) is 0.330. The number of β-lactam (4-membered cyclic amide) rings is 1. The first-order chi connectivity index (χ1) is 14.3. The number of fused-ring (bicyclic) bond motifs is 1. The van der Waals surface area contributed by atoms with Gasteiger partial charge in [-0.05, 0) is 5.38 Å². The molecule has 4 rings (SSSR count). The summed E-state index contributed by atoms with van der Waals surface area (Å²) in [5, 5.41) is 23.5. The number of nitrogens with one attached hydrogen (secondary N) is 1. The fraction of sp³-hybridized carbons (Fsp3) is 0.438. The van der Waals surface area contributed by atoms with Gasteiger partial charge in [0.25, 0.3) is 11.8 Å². The molecule has 0 aromatic carbocycles. The molecule has 30 heavy (non-hydrogen) atoms. The summed E-state index contributed by atoms with van der Waals surface area (Å²) in [6, 6.07) is 0.785. The van der Waals surface area contributed by atoms with Gasteiger partial charge in [0.05, 0.1) is 6.20 Å². The van der Waals surface area contributed by atoms with Crippen LogP contribution in [0.5, 0.6) is 0 Å². The Morgan fingerprint density at radius 1 is 1.57 bits per heavy atom. The molecule has 2 fully saturated rings. The first kappa shape index (κ1) is 21.5. The first-order valence-corrected chi connectivity index (χ1v) is 12.8. The predicted octanol–water partition coefficient (Wildman–Crippen LogP) is 0.884. The number of aromatic nitrogens is 3. The van der Waals surface area contributed by atoms with Crippen molar-refractivity contribution in [1.29, 1.82) is 0 Å². The SMILES string of the molecule is CC(=O)N(C1C(=O)N2CC(CSc3cnn[nH]3)(C(=O)O)CS[C@H]12)[S+]([O-])c1ccsc1. The number of H-pyrrole nitrogens is 1. The monoisotopic (exact) mass is 487 g/mol. The third-order valence-corrected chi connectivity index (χ3v) is 10.0. The summed E-state index contributed by atoms with van der Waals surface area (Å²) in [4.78, 5) is 39.2. The summed E-state index contributed by atoms with van der Waals surface area (Å²) in [6.07, 6.45) is 1.51. The summed E-state index contributed by atoms with van der Waals surface area (Å²) < 4.78 is 14.0. The number of hydrogen-bond donors (Lipinski definition) is 2. The number of carbonyl (C=O) groups excluding carboxylic acids is 2. The molecule has 4 atom stereocenters. The van der Waals surface area contributed by atoms with Crippen LogP contribution in [0.4, 0.5) is 0 Å². The second kappa shape index (κ2) is 8.42. The number of aromatic amines is 1. The van der Waals surface area contributed by atoms with Crippen molar-refractivity contribution in [1.82, 2.24) is 24.6 Å². The number of carboxylic acid groups (broad SMARTS) is 1. The second-order valence-corrected chi connectivity index (χ2v) is 11.1. The molecule has 0 aliphatic carbocycles. The Morgan fingerprint density at radius 3 is 2.97 bits per heavy atom. The Bertz CT molecular complexity index is 942. The van der Waals surface area contributed by atoms with Gasteiger partial charge in [-0.3, -0.25) is 19.5 Å². The van der Waals surface area contributed by atoms with Crippen molar-refractivity contribution >= 4 is 64.0 Å². The van der Waals surface area contributed by atoms with Crippen molar-refractivity contribution in [2.45, 2.75) is 28.3 Å². The summed E-state index contributed by atoms with van der Waals surface area (Å²) in [5.74, 6) is -1.34. The maximum absolute atomic E-state index is 12.9. The van der Waals surface area contributed by atoms with E-state index in [-0.39, 0.29) is 24.0 Å². The number of hydrogen-bond acceptors (Lipinski definition) is 9.